The van der Waals surface area contributed by atoms with E-state index < -0.39 is 5.82 Å². The van der Waals surface area contributed by atoms with Gasteiger partial charge < -0.3 is 5.32 Å². The fourth-order valence-corrected chi connectivity index (χ4v) is 2.06. The van der Waals surface area contributed by atoms with Crippen molar-refractivity contribution in [3.63, 3.8) is 0 Å². The van der Waals surface area contributed by atoms with Crippen LogP contribution in [0, 0.1) is 5.82 Å². The van der Waals surface area contributed by atoms with Gasteiger partial charge in [-0.05, 0) is 35.4 Å². The van der Waals surface area contributed by atoms with Crippen LogP contribution in [0.25, 0.3) is 0 Å². The van der Waals surface area contributed by atoms with E-state index in [1.807, 2.05) is 24.3 Å². The van der Waals surface area contributed by atoms with Crippen molar-refractivity contribution in [1.82, 2.24) is 5.32 Å². The van der Waals surface area contributed by atoms with Crippen LogP contribution < -0.4 is 5.32 Å². The van der Waals surface area contributed by atoms with Crippen LogP contribution in [0.5, 0.6) is 0 Å². The van der Waals surface area contributed by atoms with Crippen LogP contribution in [-0.2, 0) is 17.8 Å². The van der Waals surface area contributed by atoms with E-state index in [-0.39, 0.29) is 10.9 Å². The van der Waals surface area contributed by atoms with Gasteiger partial charge in [0.05, 0.1) is 11.4 Å². The van der Waals surface area contributed by atoms with Gasteiger partial charge in [0, 0.05) is 11.4 Å². The van der Waals surface area contributed by atoms with Gasteiger partial charge in [0.15, 0.2) is 0 Å². The predicted molar refractivity (Wildman–Crippen MR) is 80.7 cm³/mol. The van der Waals surface area contributed by atoms with Crippen molar-refractivity contribution in [2.75, 3.05) is 0 Å². The summed E-state index contributed by atoms with van der Waals surface area (Å²) in [6.07, 6.45) is 0.295. The fourth-order valence-electron chi connectivity index (χ4n) is 1.71. The number of carbonyl (C=O) groups excluding carboxylic acids is 1. The van der Waals surface area contributed by atoms with E-state index in [9.17, 15) is 9.18 Å². The number of benzene rings is 2. The SMILES string of the molecule is O=C(Cc1ccc(S)cc1)NCc1ccc(F)c(Cl)c1. The molecule has 20 heavy (non-hydrogen) atoms. The van der Waals surface area contributed by atoms with Crippen molar-refractivity contribution in [2.24, 2.45) is 0 Å². The van der Waals surface area contributed by atoms with Gasteiger partial charge in [-0.2, -0.15) is 0 Å². The minimum Gasteiger partial charge on any atom is -0.352 e. The number of halogens is 2. The molecule has 0 saturated carbocycles. The van der Waals surface area contributed by atoms with Gasteiger partial charge in [-0.1, -0.05) is 29.8 Å². The lowest BCUT2D eigenvalue weighted by Gasteiger charge is -2.06. The molecule has 104 valence electrons. The molecule has 0 bridgehead atoms. The third-order valence-electron chi connectivity index (χ3n) is 2.77. The molecule has 0 heterocycles. The Morgan fingerprint density at radius 1 is 1.15 bits per heavy atom. The molecule has 0 saturated heterocycles. The Bertz CT molecular complexity index is 616. The average molecular weight is 310 g/mol. The highest BCUT2D eigenvalue weighted by Crippen LogP contribution is 2.15. The molecule has 2 rings (SSSR count). The van der Waals surface area contributed by atoms with E-state index in [0.717, 1.165) is 16.0 Å². The second-order valence-electron chi connectivity index (χ2n) is 4.37. The van der Waals surface area contributed by atoms with Crippen LogP contribution in [0.15, 0.2) is 47.4 Å². The standard InChI is InChI=1S/C15H13ClFNOS/c16-13-7-11(3-6-14(13)17)9-18-15(19)8-10-1-4-12(20)5-2-10/h1-7,20H,8-9H2,(H,18,19). The molecule has 0 aromatic heterocycles. The van der Waals surface area contributed by atoms with Crippen LogP contribution in [0.2, 0.25) is 5.02 Å². The van der Waals surface area contributed by atoms with E-state index in [1.54, 1.807) is 6.07 Å². The van der Waals surface area contributed by atoms with Crippen molar-refractivity contribution in [3.05, 3.63) is 64.4 Å². The molecule has 0 aliphatic rings. The number of carbonyl (C=O) groups is 1. The molecule has 2 nitrogen and oxygen atoms in total. The zero-order valence-corrected chi connectivity index (χ0v) is 12.2. The van der Waals surface area contributed by atoms with Gasteiger partial charge in [0.2, 0.25) is 5.91 Å². The van der Waals surface area contributed by atoms with Gasteiger partial charge >= 0.3 is 0 Å². The molecule has 0 aliphatic carbocycles. The Hall–Kier alpha value is -1.52. The highest BCUT2D eigenvalue weighted by molar-refractivity contribution is 7.80. The van der Waals surface area contributed by atoms with E-state index in [0.29, 0.717) is 13.0 Å². The largest absolute Gasteiger partial charge is 0.352 e. The molecule has 5 heteroatoms. The number of amides is 1. The molecule has 0 unspecified atom stereocenters. The van der Waals surface area contributed by atoms with Gasteiger partial charge in [-0.25, -0.2) is 4.39 Å². The third kappa shape index (κ3) is 4.25. The molecule has 2 aromatic rings. The van der Waals surface area contributed by atoms with Gasteiger partial charge in [0.25, 0.3) is 0 Å². The first-order chi connectivity index (χ1) is 9.54. The number of nitrogens with one attached hydrogen (secondary N) is 1. The first kappa shape index (κ1) is 14.9. The molecule has 0 atom stereocenters. The summed E-state index contributed by atoms with van der Waals surface area (Å²) in [5, 5.41) is 2.83. The van der Waals surface area contributed by atoms with Crippen molar-refractivity contribution in [1.29, 1.82) is 0 Å². The van der Waals surface area contributed by atoms with Crippen LogP contribution in [0.4, 0.5) is 4.39 Å². The van der Waals surface area contributed by atoms with E-state index in [1.165, 1.54) is 12.1 Å². The molecule has 0 fully saturated rings. The number of rotatable bonds is 4. The number of hydrogen-bond donors (Lipinski definition) is 2. The lowest BCUT2D eigenvalue weighted by Crippen LogP contribution is -2.24. The van der Waals surface area contributed by atoms with Crippen LogP contribution in [0.3, 0.4) is 0 Å². The number of hydrogen-bond acceptors (Lipinski definition) is 2. The predicted octanol–water partition coefficient (Wildman–Crippen LogP) is 3.63. The normalized spacial score (nSPS) is 10.3. The summed E-state index contributed by atoms with van der Waals surface area (Å²) in [6, 6.07) is 11.8. The van der Waals surface area contributed by atoms with Crippen molar-refractivity contribution < 1.29 is 9.18 Å². The quantitative estimate of drug-likeness (QED) is 0.830. The monoisotopic (exact) mass is 309 g/mol. The lowest BCUT2D eigenvalue weighted by atomic mass is 10.1. The summed E-state index contributed by atoms with van der Waals surface area (Å²) in [7, 11) is 0. The maximum atomic E-state index is 13.0. The summed E-state index contributed by atoms with van der Waals surface area (Å²) in [5.74, 6) is -0.564. The Labute approximate surface area is 127 Å². The fraction of sp³-hybridized carbons (Fsp3) is 0.133. The summed E-state index contributed by atoms with van der Waals surface area (Å²) >= 11 is 9.86. The Morgan fingerprint density at radius 2 is 1.80 bits per heavy atom. The minimum absolute atomic E-state index is 0.0566. The average Bonchev–Trinajstić information content (AvgIpc) is 2.43. The summed E-state index contributed by atoms with van der Waals surface area (Å²) < 4.78 is 13.0. The zero-order chi connectivity index (χ0) is 14.5. The van der Waals surface area contributed by atoms with Crippen LogP contribution >= 0.6 is 24.2 Å². The van der Waals surface area contributed by atoms with E-state index >= 15 is 0 Å². The van der Waals surface area contributed by atoms with Crippen molar-refractivity contribution >= 4 is 30.1 Å². The van der Waals surface area contributed by atoms with E-state index in [4.69, 9.17) is 11.6 Å². The Kier molecular flexibility index (Phi) is 5.04. The maximum absolute atomic E-state index is 13.0. The van der Waals surface area contributed by atoms with Crippen LogP contribution in [-0.4, -0.2) is 5.91 Å². The van der Waals surface area contributed by atoms with Crippen molar-refractivity contribution in [3.8, 4) is 0 Å². The highest BCUT2D eigenvalue weighted by Gasteiger charge is 2.05. The maximum Gasteiger partial charge on any atom is 0.224 e. The molecule has 2 aromatic carbocycles. The topological polar surface area (TPSA) is 29.1 Å². The van der Waals surface area contributed by atoms with Crippen LogP contribution in [0.1, 0.15) is 11.1 Å². The smallest absolute Gasteiger partial charge is 0.224 e. The molecular formula is C15H13ClFNOS. The highest BCUT2D eigenvalue weighted by atomic mass is 35.5. The van der Waals surface area contributed by atoms with Gasteiger partial charge in [0.1, 0.15) is 5.82 Å². The summed E-state index contributed by atoms with van der Waals surface area (Å²) in [6.45, 7) is 0.323. The van der Waals surface area contributed by atoms with Crippen molar-refractivity contribution in [2.45, 2.75) is 17.9 Å². The second kappa shape index (κ2) is 6.77. The summed E-state index contributed by atoms with van der Waals surface area (Å²) in [4.78, 5) is 12.6. The van der Waals surface area contributed by atoms with Gasteiger partial charge in [-0.3, -0.25) is 4.79 Å². The molecule has 1 amide bonds. The van der Waals surface area contributed by atoms with E-state index in [2.05, 4.69) is 17.9 Å². The molecule has 0 radical (unpaired) electrons. The lowest BCUT2D eigenvalue weighted by molar-refractivity contribution is -0.120. The minimum atomic E-state index is -0.464. The summed E-state index contributed by atoms with van der Waals surface area (Å²) in [5.41, 5.74) is 1.67. The molecular weight excluding hydrogens is 297 g/mol. The number of thiol groups is 1. The third-order valence-corrected chi connectivity index (χ3v) is 3.36. The van der Waals surface area contributed by atoms with Gasteiger partial charge in [-0.15, -0.1) is 12.6 Å². The molecule has 0 spiro atoms. The first-order valence-electron chi connectivity index (χ1n) is 6.03. The Morgan fingerprint density at radius 3 is 2.45 bits per heavy atom. The first-order valence-corrected chi connectivity index (χ1v) is 6.85. The molecule has 1 N–H and O–H groups in total. The zero-order valence-electron chi connectivity index (χ0n) is 10.6. The Balaban J connectivity index is 1.88. The molecule has 0 aliphatic heterocycles. The second-order valence-corrected chi connectivity index (χ2v) is 5.29.